The summed E-state index contributed by atoms with van der Waals surface area (Å²) in [4.78, 5) is 2.44. The lowest BCUT2D eigenvalue weighted by atomic mass is 10.3. The van der Waals surface area contributed by atoms with Crippen LogP contribution in [0.2, 0.25) is 0 Å². The average molecular weight is 201 g/mol. The van der Waals surface area contributed by atoms with Crippen molar-refractivity contribution >= 4 is 0 Å². The van der Waals surface area contributed by atoms with Crippen molar-refractivity contribution in [2.45, 2.75) is 33.1 Å². The molecule has 0 aliphatic carbocycles. The van der Waals surface area contributed by atoms with Gasteiger partial charge in [-0.05, 0) is 26.4 Å². The van der Waals surface area contributed by atoms with E-state index in [1.54, 1.807) is 0 Å². The van der Waals surface area contributed by atoms with Crippen LogP contribution in [0.25, 0.3) is 0 Å². The predicted octanol–water partition coefficient (Wildman–Crippen LogP) is 2.20. The van der Waals surface area contributed by atoms with Crippen molar-refractivity contribution in [3.05, 3.63) is 0 Å². The molecule has 0 N–H and O–H groups in total. The molecule has 0 aromatic carbocycles. The van der Waals surface area contributed by atoms with Crippen molar-refractivity contribution < 1.29 is 4.48 Å². The Balaban J connectivity index is 3.51. The highest BCUT2D eigenvalue weighted by Gasteiger charge is 2.12. The van der Waals surface area contributed by atoms with E-state index in [1.807, 2.05) is 0 Å². The van der Waals surface area contributed by atoms with Gasteiger partial charge in [0.05, 0.1) is 27.2 Å². The molecular weight excluding hydrogens is 172 g/mol. The van der Waals surface area contributed by atoms with Crippen molar-refractivity contribution in [2.24, 2.45) is 0 Å². The molecule has 86 valence electrons. The lowest BCUT2D eigenvalue weighted by Crippen LogP contribution is -2.42. The first-order valence-electron chi connectivity index (χ1n) is 6.02. The Morgan fingerprint density at radius 2 is 1.57 bits per heavy atom. The summed E-state index contributed by atoms with van der Waals surface area (Å²) in [5, 5.41) is 0. The van der Waals surface area contributed by atoms with Gasteiger partial charge in [-0.25, -0.2) is 0 Å². The molecule has 0 radical (unpaired) electrons. The first kappa shape index (κ1) is 13.9. The Hall–Kier alpha value is -0.0800. The zero-order valence-corrected chi connectivity index (χ0v) is 10.8. The van der Waals surface area contributed by atoms with Crippen molar-refractivity contribution in [3.8, 4) is 0 Å². The van der Waals surface area contributed by atoms with Gasteiger partial charge in [-0.3, -0.25) is 0 Å². The van der Waals surface area contributed by atoms with Gasteiger partial charge in [-0.1, -0.05) is 13.8 Å². The van der Waals surface area contributed by atoms with Crippen molar-refractivity contribution in [2.75, 3.05) is 47.3 Å². The molecule has 0 saturated carbocycles. The number of quaternary nitrogens is 1. The Morgan fingerprint density at radius 3 is 2.07 bits per heavy atom. The van der Waals surface area contributed by atoms with Crippen LogP contribution in [0.5, 0.6) is 0 Å². The lowest BCUT2D eigenvalue weighted by molar-refractivity contribution is -0.890. The minimum atomic E-state index is 1.18. The molecule has 0 aliphatic rings. The fourth-order valence-corrected chi connectivity index (χ4v) is 1.98. The summed E-state index contributed by atoms with van der Waals surface area (Å²) in [7, 11) is 6.90. The average Bonchev–Trinajstić information content (AvgIpc) is 2.03. The maximum Gasteiger partial charge on any atom is 0.0794 e. The second-order valence-corrected chi connectivity index (χ2v) is 5.04. The molecule has 0 aliphatic heterocycles. The highest BCUT2D eigenvalue weighted by molar-refractivity contribution is 4.49. The smallest absolute Gasteiger partial charge is 0.0794 e. The van der Waals surface area contributed by atoms with Gasteiger partial charge in [0.25, 0.3) is 0 Å². The summed E-state index contributed by atoms with van der Waals surface area (Å²) in [6, 6.07) is 0. The molecule has 0 amide bonds. The van der Waals surface area contributed by atoms with E-state index in [1.165, 1.54) is 49.9 Å². The van der Waals surface area contributed by atoms with Crippen LogP contribution in [-0.2, 0) is 0 Å². The molecule has 0 heterocycles. The maximum absolute atomic E-state index is 2.44. The topological polar surface area (TPSA) is 3.24 Å². The summed E-state index contributed by atoms with van der Waals surface area (Å²) < 4.78 is 1.18. The third-order valence-corrected chi connectivity index (χ3v) is 2.74. The van der Waals surface area contributed by atoms with E-state index in [-0.39, 0.29) is 0 Å². The number of hydrogen-bond donors (Lipinski definition) is 0. The van der Waals surface area contributed by atoms with Crippen LogP contribution in [0.15, 0.2) is 0 Å². The van der Waals surface area contributed by atoms with Crippen molar-refractivity contribution in [1.29, 1.82) is 0 Å². The first-order chi connectivity index (χ1) is 6.52. The normalized spacial score (nSPS) is 12.4. The summed E-state index contributed by atoms with van der Waals surface area (Å²) in [6.45, 7) is 9.61. The van der Waals surface area contributed by atoms with Crippen molar-refractivity contribution in [1.82, 2.24) is 4.90 Å². The Morgan fingerprint density at radius 1 is 0.929 bits per heavy atom. The molecule has 0 aromatic heterocycles. The monoisotopic (exact) mass is 201 g/mol. The lowest BCUT2D eigenvalue weighted by Gasteiger charge is -2.30. The molecule has 0 fully saturated rings. The zero-order chi connectivity index (χ0) is 11.0. The van der Waals surface area contributed by atoms with Crippen LogP contribution in [0.3, 0.4) is 0 Å². The van der Waals surface area contributed by atoms with Gasteiger partial charge >= 0.3 is 0 Å². The number of rotatable bonds is 8. The summed E-state index contributed by atoms with van der Waals surface area (Å²) in [6.07, 6.45) is 3.88. The second-order valence-electron chi connectivity index (χ2n) is 5.04. The Bertz CT molecular complexity index is 132. The van der Waals surface area contributed by atoms with Crippen LogP contribution >= 0.6 is 0 Å². The van der Waals surface area contributed by atoms with Crippen LogP contribution in [0.1, 0.15) is 33.1 Å². The van der Waals surface area contributed by atoms with E-state index in [0.29, 0.717) is 0 Å². The first-order valence-corrected chi connectivity index (χ1v) is 6.02. The van der Waals surface area contributed by atoms with Crippen LogP contribution in [-0.4, -0.2) is 56.7 Å². The highest BCUT2D eigenvalue weighted by atomic mass is 15.3. The largest absolute Gasteiger partial charge is 0.328 e. The predicted molar refractivity (Wildman–Crippen MR) is 64.5 cm³/mol. The van der Waals surface area contributed by atoms with E-state index in [2.05, 4.69) is 39.9 Å². The van der Waals surface area contributed by atoms with Gasteiger partial charge in [-0.15, -0.1) is 0 Å². The van der Waals surface area contributed by atoms with E-state index >= 15 is 0 Å². The molecule has 0 atom stereocenters. The van der Waals surface area contributed by atoms with Gasteiger partial charge in [0.15, 0.2) is 0 Å². The van der Waals surface area contributed by atoms with Gasteiger partial charge in [0, 0.05) is 13.0 Å². The molecule has 0 bridgehead atoms. The van der Waals surface area contributed by atoms with Crippen molar-refractivity contribution in [3.63, 3.8) is 0 Å². The molecule has 14 heavy (non-hydrogen) atoms. The zero-order valence-electron chi connectivity index (χ0n) is 10.8. The second kappa shape index (κ2) is 7.24. The Labute approximate surface area is 90.5 Å². The van der Waals surface area contributed by atoms with E-state index in [9.17, 15) is 0 Å². The van der Waals surface area contributed by atoms with Crippen LogP contribution in [0.4, 0.5) is 0 Å². The number of nitrogens with zero attached hydrogens (tertiary/aromatic N) is 2. The fraction of sp³-hybridized carbons (Fsp3) is 1.00. The van der Waals surface area contributed by atoms with Crippen LogP contribution in [0, 0.1) is 0 Å². The SMILES string of the molecule is CCCN(C)CCC[N+](C)(C)CCC. The number of hydrogen-bond acceptors (Lipinski definition) is 1. The van der Waals surface area contributed by atoms with Crippen LogP contribution < -0.4 is 0 Å². The molecule has 0 unspecified atom stereocenters. The molecule has 0 spiro atoms. The minimum absolute atomic E-state index is 1.18. The van der Waals surface area contributed by atoms with Gasteiger partial charge in [0.2, 0.25) is 0 Å². The molecule has 0 saturated heterocycles. The molecular formula is C12H29N2+. The summed E-state index contributed by atoms with van der Waals surface area (Å²) >= 11 is 0. The standard InChI is InChI=1S/C12H29N2/c1-6-9-13(3)10-8-12-14(4,5)11-7-2/h6-12H2,1-5H3/q+1. The molecule has 0 aromatic rings. The summed E-state index contributed by atoms with van der Waals surface area (Å²) in [5.74, 6) is 0. The quantitative estimate of drug-likeness (QED) is 0.544. The van der Waals surface area contributed by atoms with E-state index in [0.717, 1.165) is 0 Å². The molecule has 2 nitrogen and oxygen atoms in total. The highest BCUT2D eigenvalue weighted by Crippen LogP contribution is 2.01. The van der Waals surface area contributed by atoms with Gasteiger partial charge in [-0.2, -0.15) is 0 Å². The fourth-order valence-electron chi connectivity index (χ4n) is 1.98. The minimum Gasteiger partial charge on any atom is -0.328 e. The van der Waals surface area contributed by atoms with Gasteiger partial charge in [0.1, 0.15) is 0 Å². The molecule has 0 rings (SSSR count). The maximum atomic E-state index is 2.44. The third-order valence-electron chi connectivity index (χ3n) is 2.74. The Kier molecular flexibility index (Phi) is 7.20. The molecule has 2 heteroatoms. The summed E-state index contributed by atoms with van der Waals surface area (Å²) in [5.41, 5.74) is 0. The van der Waals surface area contributed by atoms with E-state index in [4.69, 9.17) is 0 Å². The van der Waals surface area contributed by atoms with E-state index < -0.39 is 0 Å². The van der Waals surface area contributed by atoms with Gasteiger partial charge < -0.3 is 9.38 Å². The third kappa shape index (κ3) is 7.34.